The molecule has 3 rings (SSSR count). The van der Waals surface area contributed by atoms with E-state index < -0.39 is 0 Å². The molecule has 2 aromatic rings. The van der Waals surface area contributed by atoms with Crippen LogP contribution in [0, 0.1) is 26.7 Å². The molecular weight excluding hydrogens is 334 g/mol. The van der Waals surface area contributed by atoms with Crippen LogP contribution in [0.15, 0.2) is 24.4 Å². The van der Waals surface area contributed by atoms with Crippen LogP contribution in [0.1, 0.15) is 38.5 Å². The summed E-state index contributed by atoms with van der Waals surface area (Å²) in [5, 5.41) is 2.87. The molecule has 132 valence electrons. The number of nitrogens with one attached hydrogen (secondary N) is 1. The summed E-state index contributed by atoms with van der Waals surface area (Å²) >= 11 is 1.53. The third kappa shape index (κ3) is 4.07. The van der Waals surface area contributed by atoms with Crippen LogP contribution in [0.4, 0.5) is 5.82 Å². The highest BCUT2D eigenvalue weighted by atomic mass is 32.1. The van der Waals surface area contributed by atoms with E-state index in [4.69, 9.17) is 0 Å². The summed E-state index contributed by atoms with van der Waals surface area (Å²) in [6, 6.07) is 5.67. The Bertz CT molecular complexity index is 763. The van der Waals surface area contributed by atoms with Crippen LogP contribution in [0.25, 0.3) is 0 Å². The maximum atomic E-state index is 12.7. The molecule has 1 aliphatic heterocycles. The van der Waals surface area contributed by atoms with E-state index in [1.807, 2.05) is 32.9 Å². The second kappa shape index (κ2) is 7.35. The average Bonchev–Trinajstić information content (AvgIpc) is 2.95. The number of nitrogens with zero attached hydrogens (tertiary/aromatic N) is 2. The molecule has 0 saturated carbocycles. The summed E-state index contributed by atoms with van der Waals surface area (Å²) in [7, 11) is 0. The van der Waals surface area contributed by atoms with Gasteiger partial charge in [-0.2, -0.15) is 0 Å². The maximum absolute atomic E-state index is 12.7. The van der Waals surface area contributed by atoms with E-state index in [1.54, 1.807) is 17.2 Å². The Morgan fingerprint density at radius 1 is 1.28 bits per heavy atom. The van der Waals surface area contributed by atoms with Gasteiger partial charge in [-0.1, -0.05) is 6.07 Å². The first-order valence-corrected chi connectivity index (χ1v) is 9.35. The molecule has 1 fully saturated rings. The van der Waals surface area contributed by atoms with Gasteiger partial charge < -0.3 is 10.2 Å². The highest BCUT2D eigenvalue weighted by Crippen LogP contribution is 2.25. The van der Waals surface area contributed by atoms with Crippen LogP contribution in [0.5, 0.6) is 0 Å². The predicted octanol–water partition coefficient (Wildman–Crippen LogP) is 3.56. The van der Waals surface area contributed by atoms with Crippen molar-refractivity contribution >= 4 is 29.0 Å². The average molecular weight is 357 g/mol. The lowest BCUT2D eigenvalue weighted by Gasteiger charge is -2.31. The Labute approximate surface area is 152 Å². The fourth-order valence-corrected chi connectivity index (χ4v) is 3.98. The fraction of sp³-hybridized carbons (Fsp3) is 0.421. The van der Waals surface area contributed by atoms with Gasteiger partial charge in [-0.15, -0.1) is 11.3 Å². The SMILES string of the molecule is Cc1ccc(NC(=O)[C@@H]2CCCN(C(=O)c3cc(C)c(C)s3)C2)nc1. The zero-order valence-electron chi connectivity index (χ0n) is 14.8. The van der Waals surface area contributed by atoms with Gasteiger partial charge in [0, 0.05) is 24.2 Å². The van der Waals surface area contributed by atoms with E-state index >= 15 is 0 Å². The van der Waals surface area contributed by atoms with Crippen LogP contribution >= 0.6 is 11.3 Å². The number of rotatable bonds is 3. The van der Waals surface area contributed by atoms with Crippen molar-refractivity contribution in [1.82, 2.24) is 9.88 Å². The Hall–Kier alpha value is -2.21. The molecule has 1 saturated heterocycles. The molecule has 0 bridgehead atoms. The summed E-state index contributed by atoms with van der Waals surface area (Å²) in [5.41, 5.74) is 2.19. The zero-order chi connectivity index (χ0) is 18.0. The quantitative estimate of drug-likeness (QED) is 0.913. The zero-order valence-corrected chi connectivity index (χ0v) is 15.7. The van der Waals surface area contributed by atoms with Crippen LogP contribution in [0.3, 0.4) is 0 Å². The van der Waals surface area contributed by atoms with Gasteiger partial charge in [0.2, 0.25) is 5.91 Å². The minimum atomic E-state index is -0.192. The van der Waals surface area contributed by atoms with Gasteiger partial charge in [-0.3, -0.25) is 9.59 Å². The van der Waals surface area contributed by atoms with Crippen molar-refractivity contribution in [3.63, 3.8) is 0 Å². The Kier molecular flexibility index (Phi) is 5.18. The minimum Gasteiger partial charge on any atom is -0.337 e. The number of hydrogen-bond donors (Lipinski definition) is 1. The summed E-state index contributed by atoms with van der Waals surface area (Å²) in [6.07, 6.45) is 3.37. The number of aryl methyl sites for hydroxylation is 3. The molecule has 0 spiro atoms. The van der Waals surface area contributed by atoms with Crippen molar-refractivity contribution in [2.24, 2.45) is 5.92 Å². The van der Waals surface area contributed by atoms with Crippen LogP contribution in [-0.2, 0) is 4.79 Å². The molecule has 1 N–H and O–H groups in total. The lowest BCUT2D eigenvalue weighted by atomic mass is 9.97. The van der Waals surface area contributed by atoms with Crippen LogP contribution < -0.4 is 5.32 Å². The lowest BCUT2D eigenvalue weighted by molar-refractivity contribution is -0.121. The molecule has 0 unspecified atom stereocenters. The lowest BCUT2D eigenvalue weighted by Crippen LogP contribution is -2.43. The molecule has 3 heterocycles. The van der Waals surface area contributed by atoms with Gasteiger partial charge in [-0.25, -0.2) is 4.98 Å². The van der Waals surface area contributed by atoms with Gasteiger partial charge in [0.25, 0.3) is 5.91 Å². The first-order valence-electron chi connectivity index (χ1n) is 8.54. The highest BCUT2D eigenvalue weighted by Gasteiger charge is 2.29. The number of anilines is 1. The van der Waals surface area contributed by atoms with E-state index in [-0.39, 0.29) is 17.7 Å². The van der Waals surface area contributed by atoms with Gasteiger partial charge in [0.15, 0.2) is 0 Å². The van der Waals surface area contributed by atoms with E-state index in [0.717, 1.165) is 28.8 Å². The largest absolute Gasteiger partial charge is 0.337 e. The van der Waals surface area contributed by atoms with E-state index in [1.165, 1.54) is 16.2 Å². The first kappa shape index (κ1) is 17.6. The van der Waals surface area contributed by atoms with Crippen LogP contribution in [-0.4, -0.2) is 34.8 Å². The summed E-state index contributed by atoms with van der Waals surface area (Å²) in [4.78, 5) is 33.2. The highest BCUT2D eigenvalue weighted by molar-refractivity contribution is 7.14. The van der Waals surface area contributed by atoms with Gasteiger partial charge in [0.1, 0.15) is 5.82 Å². The van der Waals surface area contributed by atoms with Crippen molar-refractivity contribution in [3.8, 4) is 0 Å². The van der Waals surface area contributed by atoms with E-state index in [9.17, 15) is 9.59 Å². The molecule has 0 aliphatic carbocycles. The number of amides is 2. The topological polar surface area (TPSA) is 62.3 Å². The smallest absolute Gasteiger partial charge is 0.263 e. The van der Waals surface area contributed by atoms with E-state index in [0.29, 0.717) is 18.9 Å². The molecule has 6 heteroatoms. The summed E-state index contributed by atoms with van der Waals surface area (Å²) in [6.45, 7) is 7.17. The van der Waals surface area contributed by atoms with Crippen molar-refractivity contribution in [1.29, 1.82) is 0 Å². The number of hydrogen-bond acceptors (Lipinski definition) is 4. The van der Waals surface area contributed by atoms with Gasteiger partial charge in [0.05, 0.1) is 10.8 Å². The number of aromatic nitrogens is 1. The van der Waals surface area contributed by atoms with E-state index in [2.05, 4.69) is 10.3 Å². The van der Waals surface area contributed by atoms with Crippen molar-refractivity contribution in [3.05, 3.63) is 45.3 Å². The molecule has 0 radical (unpaired) electrons. The Balaban J connectivity index is 1.64. The van der Waals surface area contributed by atoms with Gasteiger partial charge >= 0.3 is 0 Å². The third-order valence-corrected chi connectivity index (χ3v) is 5.76. The molecule has 0 aromatic carbocycles. The number of piperidine rings is 1. The Morgan fingerprint density at radius 2 is 2.08 bits per heavy atom. The summed E-state index contributed by atoms with van der Waals surface area (Å²) in [5.74, 6) is 0.339. The monoisotopic (exact) mass is 357 g/mol. The molecular formula is C19H23N3O2S. The second-order valence-corrected chi connectivity index (χ2v) is 7.91. The molecule has 2 amide bonds. The fourth-order valence-electron chi connectivity index (χ4n) is 2.98. The molecule has 1 aliphatic rings. The maximum Gasteiger partial charge on any atom is 0.263 e. The number of pyridine rings is 1. The first-order chi connectivity index (χ1) is 11.9. The Morgan fingerprint density at radius 3 is 2.72 bits per heavy atom. The number of carbonyl (C=O) groups excluding carboxylic acids is 2. The summed E-state index contributed by atoms with van der Waals surface area (Å²) < 4.78 is 0. The van der Waals surface area contributed by atoms with Crippen molar-refractivity contribution < 1.29 is 9.59 Å². The molecule has 2 aromatic heterocycles. The van der Waals surface area contributed by atoms with Crippen molar-refractivity contribution in [2.75, 3.05) is 18.4 Å². The molecule has 25 heavy (non-hydrogen) atoms. The minimum absolute atomic E-state index is 0.0344. The number of likely N-dealkylation sites (tertiary alicyclic amines) is 1. The molecule has 1 atom stereocenters. The third-order valence-electron chi connectivity index (χ3n) is 4.62. The van der Waals surface area contributed by atoms with Crippen molar-refractivity contribution in [2.45, 2.75) is 33.6 Å². The van der Waals surface area contributed by atoms with Crippen LogP contribution in [0.2, 0.25) is 0 Å². The number of thiophene rings is 1. The normalized spacial score (nSPS) is 17.4. The predicted molar refractivity (Wildman–Crippen MR) is 100 cm³/mol. The number of carbonyl (C=O) groups is 2. The molecule has 5 nitrogen and oxygen atoms in total. The standard InChI is InChI=1S/C19H23N3O2S/c1-12-6-7-17(20-10-12)21-18(23)15-5-4-8-22(11-15)19(24)16-9-13(2)14(3)25-16/h6-7,9-10,15H,4-5,8,11H2,1-3H3,(H,20,21,23)/t15-/m1/s1. The second-order valence-electron chi connectivity index (χ2n) is 6.65. The van der Waals surface area contributed by atoms with Gasteiger partial charge in [-0.05, 0) is 56.9 Å².